The fourth-order valence-electron chi connectivity index (χ4n) is 6.98. The molecule has 1 spiro atoms. The Morgan fingerprint density at radius 3 is 2.51 bits per heavy atom. The van der Waals surface area contributed by atoms with Crippen LogP contribution in [0.2, 0.25) is 5.02 Å². The molecular weight excluding hydrogens is 544 g/mol. The lowest BCUT2D eigenvalue weighted by Crippen LogP contribution is -2.59. The summed E-state index contributed by atoms with van der Waals surface area (Å²) in [5.41, 5.74) is -0.756. The third-order valence-corrected chi connectivity index (χ3v) is 8.93. The van der Waals surface area contributed by atoms with Crippen molar-refractivity contribution in [2.75, 3.05) is 24.7 Å². The highest BCUT2D eigenvalue weighted by atomic mass is 35.5. The first-order valence-electron chi connectivity index (χ1n) is 13.8. The summed E-state index contributed by atoms with van der Waals surface area (Å²) in [6.07, 6.45) is 4.29. The molecule has 5 rings (SSSR count). The highest BCUT2D eigenvalue weighted by Gasteiger charge is 2.79. The highest BCUT2D eigenvalue weighted by molar-refractivity contribution is 6.30. The summed E-state index contributed by atoms with van der Waals surface area (Å²) < 4.78 is 12.1. The second-order valence-corrected chi connectivity index (χ2v) is 11.6. The van der Waals surface area contributed by atoms with Gasteiger partial charge in [0.2, 0.25) is 5.91 Å². The normalized spacial score (nSPS) is 28.7. The molecular formula is C32H35ClN2O6. The zero-order valence-corrected chi connectivity index (χ0v) is 23.8. The summed E-state index contributed by atoms with van der Waals surface area (Å²) in [6.45, 7) is 9.07. The average molecular weight is 579 g/mol. The Labute approximate surface area is 245 Å². The quantitative estimate of drug-likeness (QED) is 0.320. The van der Waals surface area contributed by atoms with Crippen LogP contribution in [-0.2, 0) is 30.3 Å². The largest absolute Gasteiger partial charge is 0.461 e. The minimum atomic E-state index is -1.27. The van der Waals surface area contributed by atoms with Gasteiger partial charge in [0.25, 0.3) is 5.91 Å². The molecule has 0 radical (unpaired) electrons. The van der Waals surface area contributed by atoms with Crippen LogP contribution in [0.5, 0.6) is 0 Å². The van der Waals surface area contributed by atoms with E-state index < -0.39 is 47.0 Å². The van der Waals surface area contributed by atoms with Crippen LogP contribution in [0.1, 0.15) is 25.3 Å². The zero-order chi connectivity index (χ0) is 29.4. The molecule has 0 aliphatic carbocycles. The summed E-state index contributed by atoms with van der Waals surface area (Å²) in [6, 6.07) is 14.5. The Balaban J connectivity index is 1.62. The van der Waals surface area contributed by atoms with Gasteiger partial charge in [0.05, 0.1) is 24.2 Å². The van der Waals surface area contributed by atoms with E-state index in [1.807, 2.05) is 37.3 Å². The molecule has 1 N–H and O–H groups in total. The van der Waals surface area contributed by atoms with Crippen LogP contribution in [0, 0.1) is 11.8 Å². The van der Waals surface area contributed by atoms with Crippen LogP contribution in [0.15, 0.2) is 79.9 Å². The van der Waals surface area contributed by atoms with Crippen LogP contribution >= 0.6 is 11.6 Å². The molecule has 2 aromatic carbocycles. The number of ether oxygens (including phenoxy) is 2. The van der Waals surface area contributed by atoms with Gasteiger partial charge in [0.1, 0.15) is 24.2 Å². The van der Waals surface area contributed by atoms with Crippen molar-refractivity contribution >= 4 is 35.1 Å². The van der Waals surface area contributed by atoms with E-state index in [0.717, 1.165) is 5.56 Å². The first-order valence-corrected chi connectivity index (χ1v) is 14.2. The molecule has 0 saturated carbocycles. The number of esters is 1. The number of amides is 2. The number of anilines is 1. The number of aliphatic hydroxyl groups excluding tert-OH is 1. The molecule has 3 fully saturated rings. The lowest BCUT2D eigenvalue weighted by molar-refractivity contribution is -0.159. The van der Waals surface area contributed by atoms with E-state index in [-0.39, 0.29) is 25.7 Å². The smallest absolute Gasteiger partial charge is 0.313 e. The van der Waals surface area contributed by atoms with E-state index in [9.17, 15) is 19.5 Å². The number of hydrogen-bond donors (Lipinski definition) is 1. The number of rotatable bonds is 11. The van der Waals surface area contributed by atoms with Gasteiger partial charge in [-0.25, -0.2) is 0 Å². The van der Waals surface area contributed by atoms with E-state index >= 15 is 0 Å². The number of benzene rings is 2. The summed E-state index contributed by atoms with van der Waals surface area (Å²) in [5, 5.41) is 11.2. The molecule has 2 bridgehead atoms. The molecule has 3 aliphatic rings. The molecule has 3 saturated heterocycles. The molecule has 2 aromatic rings. The predicted molar refractivity (Wildman–Crippen MR) is 155 cm³/mol. The number of aliphatic hydroxyl groups is 1. The Morgan fingerprint density at radius 1 is 1.17 bits per heavy atom. The highest BCUT2D eigenvalue weighted by Crippen LogP contribution is 2.63. The SMILES string of the molecule is C=CCOC(=O)[C@H]1[C@H]2C(=O)N([C@@H](CO)Cc3ccccc3)C(C(=O)N(CC=C)c3ccc(Cl)cc3)C23CC[C@]1(C)O3. The van der Waals surface area contributed by atoms with Crippen molar-refractivity contribution in [3.05, 3.63) is 90.5 Å². The molecule has 9 heteroatoms. The number of carbonyl (C=O) groups is 3. The van der Waals surface area contributed by atoms with Crippen molar-refractivity contribution in [2.24, 2.45) is 11.8 Å². The number of likely N-dealkylation sites (tertiary alicyclic amines) is 1. The third kappa shape index (κ3) is 4.88. The molecule has 3 heterocycles. The molecule has 2 unspecified atom stereocenters. The summed E-state index contributed by atoms with van der Waals surface area (Å²) >= 11 is 6.13. The standard InChI is InChI=1S/C32H35ClN2O6/c1-4-17-34(23-13-11-22(33)12-14-23)29(38)27-32-16-15-31(3,41-32)26(30(39)40-18-5-2)25(32)28(37)35(27)24(20-36)19-21-9-7-6-8-10-21/h4-14,24-27,36H,1-2,15-20H2,3H3/t24-,25+,26-,27?,31+,32?/m1/s1. The molecule has 0 aromatic heterocycles. The van der Waals surface area contributed by atoms with Crippen molar-refractivity contribution < 1.29 is 29.0 Å². The monoisotopic (exact) mass is 578 g/mol. The van der Waals surface area contributed by atoms with E-state index in [0.29, 0.717) is 30.0 Å². The Bertz CT molecular complexity index is 1330. The van der Waals surface area contributed by atoms with Crippen molar-refractivity contribution in [3.63, 3.8) is 0 Å². The number of nitrogens with zero attached hydrogens (tertiary/aromatic N) is 2. The van der Waals surface area contributed by atoms with Gasteiger partial charge in [0, 0.05) is 17.3 Å². The van der Waals surface area contributed by atoms with Gasteiger partial charge in [-0.2, -0.15) is 0 Å². The number of carbonyl (C=O) groups excluding carboxylic acids is 3. The fourth-order valence-corrected chi connectivity index (χ4v) is 7.11. The van der Waals surface area contributed by atoms with Gasteiger partial charge >= 0.3 is 5.97 Å². The van der Waals surface area contributed by atoms with Crippen molar-refractivity contribution in [3.8, 4) is 0 Å². The second-order valence-electron chi connectivity index (χ2n) is 11.1. The Morgan fingerprint density at radius 2 is 1.88 bits per heavy atom. The summed E-state index contributed by atoms with van der Waals surface area (Å²) in [5.74, 6) is -3.16. The maximum atomic E-state index is 14.7. The number of fused-ring (bicyclic) bond motifs is 1. The lowest BCUT2D eigenvalue weighted by Gasteiger charge is -2.39. The second kappa shape index (κ2) is 11.4. The number of hydrogen-bond acceptors (Lipinski definition) is 6. The maximum absolute atomic E-state index is 14.7. The maximum Gasteiger partial charge on any atom is 0.313 e. The van der Waals surface area contributed by atoms with Gasteiger partial charge in [-0.15, -0.1) is 6.58 Å². The molecule has 3 aliphatic heterocycles. The van der Waals surface area contributed by atoms with Gasteiger partial charge in [-0.1, -0.05) is 60.7 Å². The predicted octanol–water partition coefficient (Wildman–Crippen LogP) is 3.96. The summed E-state index contributed by atoms with van der Waals surface area (Å²) in [4.78, 5) is 45.6. The minimum absolute atomic E-state index is 0.00233. The molecule has 41 heavy (non-hydrogen) atoms. The van der Waals surface area contributed by atoms with Gasteiger partial charge < -0.3 is 24.4 Å². The van der Waals surface area contributed by atoms with Crippen LogP contribution in [0.25, 0.3) is 0 Å². The minimum Gasteiger partial charge on any atom is -0.461 e. The third-order valence-electron chi connectivity index (χ3n) is 8.68. The van der Waals surface area contributed by atoms with E-state index in [1.54, 1.807) is 35.2 Å². The Kier molecular flexibility index (Phi) is 8.10. The van der Waals surface area contributed by atoms with Crippen LogP contribution < -0.4 is 4.90 Å². The van der Waals surface area contributed by atoms with Gasteiger partial charge in [-0.05, 0) is 56.0 Å². The van der Waals surface area contributed by atoms with E-state index in [2.05, 4.69) is 13.2 Å². The fraction of sp³-hybridized carbons (Fsp3) is 0.406. The zero-order valence-electron chi connectivity index (χ0n) is 23.1. The van der Waals surface area contributed by atoms with E-state index in [1.165, 1.54) is 11.0 Å². The molecule has 6 atom stereocenters. The van der Waals surface area contributed by atoms with Crippen LogP contribution in [0.3, 0.4) is 0 Å². The summed E-state index contributed by atoms with van der Waals surface area (Å²) in [7, 11) is 0. The van der Waals surface area contributed by atoms with E-state index in [4.69, 9.17) is 21.1 Å². The number of halogens is 1. The first-order chi connectivity index (χ1) is 19.7. The van der Waals surface area contributed by atoms with Gasteiger partial charge in [0.15, 0.2) is 0 Å². The molecule has 216 valence electrons. The average Bonchev–Trinajstić information content (AvgIpc) is 3.54. The van der Waals surface area contributed by atoms with Crippen LogP contribution in [-0.4, -0.2) is 70.8 Å². The molecule has 2 amide bonds. The topological polar surface area (TPSA) is 96.4 Å². The Hall–Kier alpha value is -3.46. The van der Waals surface area contributed by atoms with Crippen molar-refractivity contribution in [1.29, 1.82) is 0 Å². The van der Waals surface area contributed by atoms with Crippen molar-refractivity contribution in [2.45, 2.75) is 49.5 Å². The molecule has 8 nitrogen and oxygen atoms in total. The van der Waals surface area contributed by atoms with Gasteiger partial charge in [-0.3, -0.25) is 14.4 Å². The lowest BCUT2D eigenvalue weighted by atomic mass is 9.66. The van der Waals surface area contributed by atoms with Crippen molar-refractivity contribution in [1.82, 2.24) is 4.90 Å². The van der Waals surface area contributed by atoms with Crippen LogP contribution in [0.4, 0.5) is 5.69 Å². The first kappa shape index (κ1) is 29.0.